The lowest BCUT2D eigenvalue weighted by molar-refractivity contribution is -0.384. The Hall–Kier alpha value is -3.68. The Balaban J connectivity index is 1.68. The number of nitro benzene ring substituents is 1. The average Bonchev–Trinajstić information content (AvgIpc) is 3.10. The molecule has 2 aromatic carbocycles. The SMILES string of the molecule is Cc1cccc(OCCNc2ccc(C(=O)c3nccn3C)cc2[N+](=O)[O-])c1. The van der Waals surface area contributed by atoms with Crippen LogP contribution in [0.4, 0.5) is 11.4 Å². The summed E-state index contributed by atoms with van der Waals surface area (Å²) in [6, 6.07) is 12.0. The van der Waals surface area contributed by atoms with Gasteiger partial charge in [-0.05, 0) is 36.8 Å². The summed E-state index contributed by atoms with van der Waals surface area (Å²) in [6.45, 7) is 2.69. The number of nitrogens with zero attached hydrogens (tertiary/aromatic N) is 3. The Morgan fingerprint density at radius 1 is 1.29 bits per heavy atom. The molecule has 144 valence electrons. The number of imidazole rings is 1. The third kappa shape index (κ3) is 4.35. The Labute approximate surface area is 161 Å². The largest absolute Gasteiger partial charge is 0.492 e. The Morgan fingerprint density at radius 2 is 2.11 bits per heavy atom. The number of ketones is 1. The number of carbonyl (C=O) groups excluding carboxylic acids is 1. The van der Waals surface area contributed by atoms with Crippen LogP contribution in [-0.2, 0) is 7.05 Å². The van der Waals surface area contributed by atoms with Crippen LogP contribution in [0, 0.1) is 17.0 Å². The van der Waals surface area contributed by atoms with Crippen molar-refractivity contribution in [3.8, 4) is 5.75 Å². The van der Waals surface area contributed by atoms with Crippen molar-refractivity contribution in [2.24, 2.45) is 7.05 Å². The maximum atomic E-state index is 12.5. The molecule has 0 fully saturated rings. The Kier molecular flexibility index (Phi) is 5.69. The molecular weight excluding hydrogens is 360 g/mol. The van der Waals surface area contributed by atoms with E-state index in [9.17, 15) is 14.9 Å². The van der Waals surface area contributed by atoms with Gasteiger partial charge in [-0.3, -0.25) is 14.9 Å². The molecule has 0 radical (unpaired) electrons. The van der Waals surface area contributed by atoms with Crippen molar-refractivity contribution in [1.29, 1.82) is 0 Å². The molecule has 3 aromatic rings. The molecule has 8 nitrogen and oxygen atoms in total. The summed E-state index contributed by atoms with van der Waals surface area (Å²) < 4.78 is 7.21. The maximum Gasteiger partial charge on any atom is 0.293 e. The van der Waals surface area contributed by atoms with Gasteiger partial charge in [-0.25, -0.2) is 4.98 Å². The van der Waals surface area contributed by atoms with Crippen LogP contribution >= 0.6 is 0 Å². The molecule has 0 aliphatic heterocycles. The highest BCUT2D eigenvalue weighted by Crippen LogP contribution is 2.26. The highest BCUT2D eigenvalue weighted by atomic mass is 16.6. The van der Waals surface area contributed by atoms with Gasteiger partial charge in [0, 0.05) is 37.6 Å². The number of aryl methyl sites for hydroxylation is 2. The van der Waals surface area contributed by atoms with Gasteiger partial charge in [0.25, 0.3) is 5.69 Å². The summed E-state index contributed by atoms with van der Waals surface area (Å²) in [5, 5.41) is 14.4. The number of aromatic nitrogens is 2. The number of hydrogen-bond donors (Lipinski definition) is 1. The first-order valence-corrected chi connectivity index (χ1v) is 8.69. The fraction of sp³-hybridized carbons (Fsp3) is 0.200. The molecule has 28 heavy (non-hydrogen) atoms. The average molecular weight is 380 g/mol. The second-order valence-corrected chi connectivity index (χ2v) is 6.27. The summed E-state index contributed by atoms with van der Waals surface area (Å²) in [4.78, 5) is 27.4. The van der Waals surface area contributed by atoms with Crippen LogP contribution < -0.4 is 10.1 Å². The first-order chi connectivity index (χ1) is 13.5. The monoisotopic (exact) mass is 380 g/mol. The second-order valence-electron chi connectivity index (χ2n) is 6.27. The van der Waals surface area contributed by atoms with Gasteiger partial charge < -0.3 is 14.6 Å². The Morgan fingerprint density at radius 3 is 2.79 bits per heavy atom. The highest BCUT2D eigenvalue weighted by molar-refractivity contribution is 6.07. The van der Waals surface area contributed by atoms with E-state index in [2.05, 4.69) is 10.3 Å². The topological polar surface area (TPSA) is 99.3 Å². The molecule has 0 saturated heterocycles. The number of anilines is 1. The van der Waals surface area contributed by atoms with Crippen LogP contribution in [0.15, 0.2) is 54.9 Å². The van der Waals surface area contributed by atoms with Crippen LogP contribution in [0.5, 0.6) is 5.75 Å². The van der Waals surface area contributed by atoms with E-state index in [1.807, 2.05) is 31.2 Å². The van der Waals surface area contributed by atoms with E-state index in [1.165, 1.54) is 18.3 Å². The van der Waals surface area contributed by atoms with E-state index in [0.717, 1.165) is 11.3 Å². The Bertz CT molecular complexity index is 1010. The number of benzene rings is 2. The van der Waals surface area contributed by atoms with Crippen molar-refractivity contribution in [2.45, 2.75) is 6.92 Å². The van der Waals surface area contributed by atoms with Gasteiger partial charge >= 0.3 is 0 Å². The van der Waals surface area contributed by atoms with Crippen LogP contribution in [0.25, 0.3) is 0 Å². The summed E-state index contributed by atoms with van der Waals surface area (Å²) in [6.07, 6.45) is 3.15. The molecule has 8 heteroatoms. The number of nitrogens with one attached hydrogen (secondary N) is 1. The fourth-order valence-electron chi connectivity index (χ4n) is 2.75. The third-order valence-electron chi connectivity index (χ3n) is 4.16. The van der Waals surface area contributed by atoms with Crippen LogP contribution in [0.3, 0.4) is 0 Å². The van der Waals surface area contributed by atoms with Crippen molar-refractivity contribution in [3.63, 3.8) is 0 Å². The van der Waals surface area contributed by atoms with Gasteiger partial charge in [-0.1, -0.05) is 12.1 Å². The molecule has 0 aliphatic carbocycles. The maximum absolute atomic E-state index is 12.5. The summed E-state index contributed by atoms with van der Waals surface area (Å²) >= 11 is 0. The standard InChI is InChI=1S/C20H20N4O4/c1-14-4-3-5-16(12-14)28-11-9-21-17-7-6-15(13-18(17)24(26)27)19(25)20-22-8-10-23(20)2/h3-8,10,12-13,21H,9,11H2,1-2H3. The molecule has 1 aromatic heterocycles. The zero-order valence-corrected chi connectivity index (χ0v) is 15.6. The number of carbonyl (C=O) groups is 1. The van der Waals surface area contributed by atoms with Gasteiger partial charge in [0.05, 0.1) is 4.92 Å². The minimum absolute atomic E-state index is 0.171. The number of rotatable bonds is 8. The van der Waals surface area contributed by atoms with Gasteiger partial charge in [0.15, 0.2) is 5.82 Å². The van der Waals surface area contributed by atoms with Crippen molar-refractivity contribution >= 4 is 17.2 Å². The van der Waals surface area contributed by atoms with Crippen LogP contribution in [0.1, 0.15) is 21.7 Å². The second kappa shape index (κ2) is 8.34. The number of ether oxygens (including phenoxy) is 1. The predicted molar refractivity (Wildman–Crippen MR) is 105 cm³/mol. The van der Waals surface area contributed by atoms with E-state index < -0.39 is 4.92 Å². The minimum atomic E-state index is -0.515. The lowest BCUT2D eigenvalue weighted by atomic mass is 10.1. The lowest BCUT2D eigenvalue weighted by Gasteiger charge is -2.10. The predicted octanol–water partition coefficient (Wildman–Crippen LogP) is 3.36. The van der Waals surface area contributed by atoms with E-state index in [1.54, 1.807) is 23.9 Å². The molecule has 0 atom stereocenters. The van der Waals surface area contributed by atoms with E-state index in [-0.39, 0.29) is 22.9 Å². The van der Waals surface area contributed by atoms with Crippen molar-refractivity contribution in [3.05, 3.63) is 81.9 Å². The molecule has 0 bridgehead atoms. The third-order valence-corrected chi connectivity index (χ3v) is 4.16. The quantitative estimate of drug-likeness (QED) is 0.278. The van der Waals surface area contributed by atoms with Crippen molar-refractivity contribution in [2.75, 3.05) is 18.5 Å². The zero-order chi connectivity index (χ0) is 20.1. The van der Waals surface area contributed by atoms with E-state index >= 15 is 0 Å². The van der Waals surface area contributed by atoms with Gasteiger partial charge in [0.1, 0.15) is 18.0 Å². The zero-order valence-electron chi connectivity index (χ0n) is 15.6. The molecule has 3 rings (SSSR count). The number of hydrogen-bond acceptors (Lipinski definition) is 6. The molecule has 1 N–H and O–H groups in total. The summed E-state index contributed by atoms with van der Waals surface area (Å²) in [5.74, 6) is 0.596. The molecule has 1 heterocycles. The highest BCUT2D eigenvalue weighted by Gasteiger charge is 2.20. The van der Waals surface area contributed by atoms with Crippen LogP contribution in [0.2, 0.25) is 0 Å². The first-order valence-electron chi connectivity index (χ1n) is 8.69. The smallest absolute Gasteiger partial charge is 0.293 e. The van der Waals surface area contributed by atoms with Crippen molar-refractivity contribution < 1.29 is 14.5 Å². The van der Waals surface area contributed by atoms with Gasteiger partial charge in [0.2, 0.25) is 5.78 Å². The molecule has 0 saturated carbocycles. The molecule has 0 spiro atoms. The minimum Gasteiger partial charge on any atom is -0.492 e. The van der Waals surface area contributed by atoms with Gasteiger partial charge in [-0.15, -0.1) is 0 Å². The first kappa shape index (κ1) is 19.1. The van der Waals surface area contributed by atoms with Crippen molar-refractivity contribution in [1.82, 2.24) is 9.55 Å². The normalized spacial score (nSPS) is 10.5. The molecular formula is C20H20N4O4. The fourth-order valence-corrected chi connectivity index (χ4v) is 2.75. The number of nitro groups is 1. The lowest BCUT2D eigenvalue weighted by Crippen LogP contribution is -2.13. The molecule has 0 unspecified atom stereocenters. The summed E-state index contributed by atoms with van der Waals surface area (Å²) in [7, 11) is 1.69. The summed E-state index contributed by atoms with van der Waals surface area (Å²) in [5.41, 5.74) is 1.46. The van der Waals surface area contributed by atoms with Gasteiger partial charge in [-0.2, -0.15) is 0 Å². The molecule has 0 aliphatic rings. The van der Waals surface area contributed by atoms with E-state index in [4.69, 9.17) is 4.74 Å². The molecule has 0 amide bonds. The van der Waals surface area contributed by atoms with E-state index in [0.29, 0.717) is 18.8 Å². The van der Waals surface area contributed by atoms with Crippen LogP contribution in [-0.4, -0.2) is 33.4 Å².